The van der Waals surface area contributed by atoms with Gasteiger partial charge in [-0.15, -0.1) is 0 Å². The molecule has 0 bridgehead atoms. The van der Waals surface area contributed by atoms with Crippen LogP contribution in [-0.4, -0.2) is 64.3 Å². The van der Waals surface area contributed by atoms with E-state index in [9.17, 15) is 9.59 Å². The molecule has 4 heterocycles. The van der Waals surface area contributed by atoms with E-state index >= 15 is 0 Å². The number of carbonyl (C=O) groups is 2. The fraction of sp³-hybridized carbons (Fsp3) is 0.500. The quantitative estimate of drug-likeness (QED) is 0.710. The van der Waals surface area contributed by atoms with Crippen molar-refractivity contribution in [3.63, 3.8) is 0 Å². The Hall–Kier alpha value is -2.61. The van der Waals surface area contributed by atoms with Crippen LogP contribution in [-0.2, 0) is 14.3 Å². The first-order valence-electron chi connectivity index (χ1n) is 9.86. The summed E-state index contributed by atoms with van der Waals surface area (Å²) in [5, 5.41) is 4.87. The van der Waals surface area contributed by atoms with Crippen LogP contribution in [0.15, 0.2) is 30.9 Å². The molecule has 0 spiro atoms. The highest BCUT2D eigenvalue weighted by Gasteiger charge is 2.38. The topological polar surface area (TPSA) is 80.6 Å². The molecule has 9 heteroatoms. The van der Waals surface area contributed by atoms with E-state index < -0.39 is 6.04 Å². The molecule has 2 fully saturated rings. The number of aromatic nitrogens is 3. The minimum absolute atomic E-state index is 0.0721. The number of piperidine rings is 1. The monoisotopic (exact) mass is 417 g/mol. The van der Waals surface area contributed by atoms with E-state index in [-0.39, 0.29) is 17.8 Å². The van der Waals surface area contributed by atoms with Crippen LogP contribution >= 0.6 is 11.6 Å². The Balaban J connectivity index is 1.44. The summed E-state index contributed by atoms with van der Waals surface area (Å²) in [5.74, 6) is -0.315. The largest absolute Gasteiger partial charge is 0.467 e. The van der Waals surface area contributed by atoms with Crippen LogP contribution < -0.4 is 4.90 Å². The highest BCUT2D eigenvalue weighted by Crippen LogP contribution is 2.30. The maximum atomic E-state index is 13.0. The first-order chi connectivity index (χ1) is 14.1. The van der Waals surface area contributed by atoms with E-state index in [1.54, 1.807) is 28.2 Å². The van der Waals surface area contributed by atoms with Gasteiger partial charge in [0.1, 0.15) is 6.04 Å². The third-order valence-electron chi connectivity index (χ3n) is 5.77. The van der Waals surface area contributed by atoms with Gasteiger partial charge < -0.3 is 14.5 Å². The predicted octanol–water partition coefficient (Wildman–Crippen LogP) is 2.30. The summed E-state index contributed by atoms with van der Waals surface area (Å²) in [6.07, 6.45) is 9.90. The fourth-order valence-electron chi connectivity index (χ4n) is 4.26. The first-order valence-corrected chi connectivity index (χ1v) is 10.2. The highest BCUT2D eigenvalue weighted by molar-refractivity contribution is 6.30. The van der Waals surface area contributed by atoms with Crippen molar-refractivity contribution in [3.8, 4) is 5.69 Å². The van der Waals surface area contributed by atoms with Crippen LogP contribution in [0.25, 0.3) is 5.69 Å². The zero-order valence-corrected chi connectivity index (χ0v) is 17.1. The molecule has 0 saturated carbocycles. The number of pyridine rings is 1. The third kappa shape index (κ3) is 3.94. The maximum absolute atomic E-state index is 13.0. The molecule has 29 heavy (non-hydrogen) atoms. The number of ether oxygens (including phenoxy) is 1. The SMILES string of the molecule is COC(=O)[C@H]1CCCN1C(=O)C1CCN(c2cnccc2-n2cc(Cl)cn2)CC1. The van der Waals surface area contributed by atoms with Crippen molar-refractivity contribution in [1.29, 1.82) is 0 Å². The van der Waals surface area contributed by atoms with E-state index in [1.165, 1.54) is 7.11 Å². The Labute approximate surface area is 174 Å². The molecule has 4 rings (SSSR count). The Morgan fingerprint density at radius 1 is 1.14 bits per heavy atom. The number of hydrogen-bond acceptors (Lipinski definition) is 6. The molecule has 0 radical (unpaired) electrons. The summed E-state index contributed by atoms with van der Waals surface area (Å²) in [6.45, 7) is 2.10. The summed E-state index contributed by atoms with van der Waals surface area (Å²) in [4.78, 5) is 33.2. The maximum Gasteiger partial charge on any atom is 0.328 e. The number of methoxy groups -OCH3 is 1. The summed E-state index contributed by atoms with van der Waals surface area (Å²) in [5.41, 5.74) is 1.87. The van der Waals surface area contributed by atoms with Gasteiger partial charge in [-0.05, 0) is 31.7 Å². The molecule has 154 valence electrons. The van der Waals surface area contributed by atoms with E-state index in [0.29, 0.717) is 18.0 Å². The second kappa shape index (κ2) is 8.41. The van der Waals surface area contributed by atoms with E-state index in [2.05, 4.69) is 15.0 Å². The van der Waals surface area contributed by atoms with Gasteiger partial charge in [-0.1, -0.05) is 11.6 Å². The number of hydrogen-bond donors (Lipinski definition) is 0. The molecule has 2 aliphatic rings. The second-order valence-corrected chi connectivity index (χ2v) is 7.88. The van der Waals surface area contributed by atoms with Gasteiger partial charge in [0, 0.05) is 37.9 Å². The van der Waals surface area contributed by atoms with Gasteiger partial charge in [0.05, 0.1) is 35.9 Å². The van der Waals surface area contributed by atoms with Crippen LogP contribution in [0.5, 0.6) is 0 Å². The van der Waals surface area contributed by atoms with E-state index in [0.717, 1.165) is 43.7 Å². The Morgan fingerprint density at radius 2 is 1.93 bits per heavy atom. The van der Waals surface area contributed by atoms with Crippen molar-refractivity contribution in [1.82, 2.24) is 19.7 Å². The number of halogens is 1. The number of anilines is 1. The summed E-state index contributed by atoms with van der Waals surface area (Å²) in [7, 11) is 1.38. The summed E-state index contributed by atoms with van der Waals surface area (Å²) >= 11 is 6.02. The molecule has 2 saturated heterocycles. The van der Waals surface area contributed by atoms with Crippen molar-refractivity contribution < 1.29 is 14.3 Å². The Bertz CT molecular complexity index is 894. The predicted molar refractivity (Wildman–Crippen MR) is 108 cm³/mol. The average molecular weight is 418 g/mol. The molecule has 2 aliphatic heterocycles. The van der Waals surface area contributed by atoms with Crippen LogP contribution in [0.3, 0.4) is 0 Å². The number of rotatable bonds is 4. The molecule has 0 unspecified atom stereocenters. The van der Waals surface area contributed by atoms with Crippen molar-refractivity contribution >= 4 is 29.2 Å². The number of likely N-dealkylation sites (tertiary alicyclic amines) is 1. The molecule has 2 aromatic rings. The van der Waals surface area contributed by atoms with Crippen LogP contribution in [0.2, 0.25) is 5.02 Å². The standard InChI is InChI=1S/C20H24ClN5O3/c1-29-20(28)17-3-2-8-25(17)19(27)14-5-9-24(10-6-14)18-12-22-7-4-16(18)26-13-15(21)11-23-26/h4,7,11-14,17H,2-3,5-6,8-10H2,1H3/t17-/m1/s1. The zero-order valence-electron chi connectivity index (χ0n) is 16.3. The number of esters is 1. The summed E-state index contributed by atoms with van der Waals surface area (Å²) in [6, 6.07) is 1.47. The lowest BCUT2D eigenvalue weighted by molar-refractivity contribution is -0.152. The minimum atomic E-state index is -0.431. The van der Waals surface area contributed by atoms with E-state index in [4.69, 9.17) is 16.3 Å². The van der Waals surface area contributed by atoms with Crippen LogP contribution in [0.4, 0.5) is 5.69 Å². The number of carbonyl (C=O) groups excluding carboxylic acids is 2. The van der Waals surface area contributed by atoms with Crippen molar-refractivity contribution in [3.05, 3.63) is 35.9 Å². The van der Waals surface area contributed by atoms with Crippen molar-refractivity contribution in [2.24, 2.45) is 5.92 Å². The van der Waals surface area contributed by atoms with E-state index in [1.807, 2.05) is 12.3 Å². The van der Waals surface area contributed by atoms with Gasteiger partial charge in [-0.2, -0.15) is 5.10 Å². The molecule has 0 aliphatic carbocycles. The molecule has 1 atom stereocenters. The normalized spacial score (nSPS) is 20.1. The molecular formula is C20H24ClN5O3. The van der Waals surface area contributed by atoms with Crippen molar-refractivity contribution in [2.45, 2.75) is 31.7 Å². The second-order valence-electron chi connectivity index (χ2n) is 7.44. The van der Waals surface area contributed by atoms with Gasteiger partial charge in [0.25, 0.3) is 0 Å². The lowest BCUT2D eigenvalue weighted by Crippen LogP contribution is -2.47. The fourth-order valence-corrected chi connectivity index (χ4v) is 4.40. The summed E-state index contributed by atoms with van der Waals surface area (Å²) < 4.78 is 6.61. The van der Waals surface area contributed by atoms with Gasteiger partial charge in [0.15, 0.2) is 0 Å². The lowest BCUT2D eigenvalue weighted by Gasteiger charge is -2.36. The molecule has 8 nitrogen and oxygen atoms in total. The highest BCUT2D eigenvalue weighted by atomic mass is 35.5. The first kappa shape index (κ1) is 19.7. The molecular weight excluding hydrogens is 394 g/mol. The van der Waals surface area contributed by atoms with Gasteiger partial charge >= 0.3 is 5.97 Å². The van der Waals surface area contributed by atoms with Crippen molar-refractivity contribution in [2.75, 3.05) is 31.6 Å². The van der Waals surface area contributed by atoms with Gasteiger partial charge in [-0.25, -0.2) is 9.48 Å². The molecule has 1 amide bonds. The van der Waals surface area contributed by atoms with Gasteiger partial charge in [-0.3, -0.25) is 9.78 Å². The van der Waals surface area contributed by atoms with Crippen LogP contribution in [0, 0.1) is 5.92 Å². The minimum Gasteiger partial charge on any atom is -0.467 e. The zero-order chi connectivity index (χ0) is 20.4. The number of nitrogens with zero attached hydrogens (tertiary/aromatic N) is 5. The lowest BCUT2D eigenvalue weighted by atomic mass is 9.94. The molecule has 0 aromatic carbocycles. The smallest absolute Gasteiger partial charge is 0.328 e. The molecule has 0 N–H and O–H groups in total. The Kier molecular flexibility index (Phi) is 5.71. The number of amides is 1. The average Bonchev–Trinajstić information content (AvgIpc) is 3.42. The Morgan fingerprint density at radius 3 is 2.62 bits per heavy atom. The third-order valence-corrected chi connectivity index (χ3v) is 5.96. The van der Waals surface area contributed by atoms with Crippen LogP contribution in [0.1, 0.15) is 25.7 Å². The molecule has 2 aromatic heterocycles. The van der Waals surface area contributed by atoms with Gasteiger partial charge in [0.2, 0.25) is 5.91 Å².